The Balaban J connectivity index is 0. The number of nitrogens with one attached hydrogen (secondary N) is 2. The third-order valence-electron chi connectivity index (χ3n) is 4.31. The Hall–Kier alpha value is -1.93. The van der Waals surface area contributed by atoms with Crippen LogP contribution >= 0.6 is 19.3 Å². The summed E-state index contributed by atoms with van der Waals surface area (Å²) in [7, 11) is -2.58. The standard InChI is InChI=1S/C17H28N3O8P.C2H6.C2H2.CH3Cl/c1-10(2)27-16(22)12(4)19-29(24,25-5)26-9-13-8-11(3)15(28-13)20-7-6-14(21)18-17(20)23;3*1-2/h6-7,10-13,15H,8-9H2,1-5H3,(H,19,24)(H,18,21,23);1-2H3;1-2H;1H3/t11-,12+,13-,15+,29?;;;/m0.../s1. The number of hydrogen-bond donors (Lipinski definition) is 2. The summed E-state index contributed by atoms with van der Waals surface area (Å²) in [6.07, 6.45) is 10.0. The van der Waals surface area contributed by atoms with Crippen molar-refractivity contribution in [3.63, 3.8) is 0 Å². The average molecular weight is 540 g/mol. The zero-order valence-corrected chi connectivity index (χ0v) is 23.3. The first-order chi connectivity index (χ1) is 16.5. The Labute approximate surface area is 212 Å². The van der Waals surface area contributed by atoms with Gasteiger partial charge >= 0.3 is 19.4 Å². The van der Waals surface area contributed by atoms with Crippen molar-refractivity contribution >= 4 is 25.3 Å². The average Bonchev–Trinajstić information content (AvgIpc) is 3.21. The van der Waals surface area contributed by atoms with Gasteiger partial charge in [-0.2, -0.15) is 0 Å². The predicted octanol–water partition coefficient (Wildman–Crippen LogP) is 3.29. The van der Waals surface area contributed by atoms with Crippen LogP contribution in [0.4, 0.5) is 0 Å². The molecule has 1 fully saturated rings. The molecule has 0 bridgehead atoms. The molecule has 2 heterocycles. The number of carbonyl (C=O) groups is 1. The summed E-state index contributed by atoms with van der Waals surface area (Å²) in [5.74, 6) is -0.633. The molecule has 13 heteroatoms. The first-order valence-corrected chi connectivity index (χ1v) is 13.3. The highest BCUT2D eigenvalue weighted by atomic mass is 35.5. The summed E-state index contributed by atoms with van der Waals surface area (Å²) in [5.41, 5.74) is -1.06. The van der Waals surface area contributed by atoms with Crippen LogP contribution in [-0.2, 0) is 27.9 Å². The summed E-state index contributed by atoms with van der Waals surface area (Å²) in [6.45, 7) is 10.7. The second kappa shape index (κ2) is 18.4. The van der Waals surface area contributed by atoms with Crippen LogP contribution in [0.15, 0.2) is 21.9 Å². The lowest BCUT2D eigenvalue weighted by Crippen LogP contribution is -2.36. The smallest absolute Gasteiger partial charge is 0.406 e. The molecule has 1 unspecified atom stereocenters. The van der Waals surface area contributed by atoms with Gasteiger partial charge in [-0.1, -0.05) is 20.8 Å². The fourth-order valence-corrected chi connectivity index (χ4v) is 4.17. The highest BCUT2D eigenvalue weighted by molar-refractivity contribution is 7.51. The molecule has 0 aromatic carbocycles. The highest BCUT2D eigenvalue weighted by Gasteiger charge is 2.37. The Morgan fingerprint density at radius 1 is 1.31 bits per heavy atom. The molecular formula is C22H39ClN3O8P. The molecule has 1 aromatic heterocycles. The highest BCUT2D eigenvalue weighted by Crippen LogP contribution is 2.45. The van der Waals surface area contributed by atoms with Crippen LogP contribution in [0, 0.1) is 18.8 Å². The number of aromatic nitrogens is 2. The fourth-order valence-electron chi connectivity index (χ4n) is 2.94. The summed E-state index contributed by atoms with van der Waals surface area (Å²) < 4.78 is 35.3. The predicted molar refractivity (Wildman–Crippen MR) is 136 cm³/mol. The van der Waals surface area contributed by atoms with Gasteiger partial charge in [-0.3, -0.25) is 23.7 Å². The molecule has 1 aliphatic rings. The SMILES string of the molecule is C#C.CC.CCl.COP(=O)(N[C@H](C)C(=O)OC(C)C)OC[C@@H]1C[C@H](C)[C@H](n2ccc(=O)[nH]c2=O)O1. The number of rotatable bonds is 9. The Morgan fingerprint density at radius 2 is 1.89 bits per heavy atom. The van der Waals surface area contributed by atoms with Crippen LogP contribution in [-0.4, -0.2) is 53.9 Å². The number of terminal acetylenes is 1. The molecule has 1 saturated heterocycles. The molecule has 0 radical (unpaired) electrons. The van der Waals surface area contributed by atoms with Gasteiger partial charge < -0.3 is 14.0 Å². The van der Waals surface area contributed by atoms with Gasteiger partial charge in [0, 0.05) is 31.7 Å². The second-order valence-corrected chi connectivity index (χ2v) is 9.07. The number of esters is 1. The largest absolute Gasteiger partial charge is 0.462 e. The lowest BCUT2D eigenvalue weighted by molar-refractivity contribution is -0.149. The number of alkyl halides is 1. The summed E-state index contributed by atoms with van der Waals surface area (Å²) in [4.78, 5) is 37.3. The Morgan fingerprint density at radius 3 is 2.37 bits per heavy atom. The van der Waals surface area contributed by atoms with E-state index in [1.807, 2.05) is 20.8 Å². The molecule has 0 saturated carbocycles. The number of aromatic amines is 1. The zero-order chi connectivity index (χ0) is 27.8. The maximum Gasteiger partial charge on any atom is 0.406 e. The summed E-state index contributed by atoms with van der Waals surface area (Å²) >= 11 is 4.64. The van der Waals surface area contributed by atoms with Crippen molar-refractivity contribution in [3.05, 3.63) is 33.1 Å². The monoisotopic (exact) mass is 539 g/mol. The molecule has 1 aromatic rings. The van der Waals surface area contributed by atoms with Crippen molar-refractivity contribution in [2.45, 2.75) is 72.4 Å². The molecule has 5 atom stereocenters. The van der Waals surface area contributed by atoms with E-state index in [0.717, 1.165) is 0 Å². The first-order valence-electron chi connectivity index (χ1n) is 11.0. The lowest BCUT2D eigenvalue weighted by atomic mass is 10.1. The van der Waals surface area contributed by atoms with E-state index in [1.54, 1.807) is 13.8 Å². The lowest BCUT2D eigenvalue weighted by Gasteiger charge is -2.23. The van der Waals surface area contributed by atoms with Gasteiger partial charge in [0.1, 0.15) is 12.3 Å². The van der Waals surface area contributed by atoms with Crippen molar-refractivity contribution < 1.29 is 27.9 Å². The topological polar surface area (TPSA) is 138 Å². The minimum Gasteiger partial charge on any atom is -0.462 e. The number of ether oxygens (including phenoxy) is 2. The van der Waals surface area contributed by atoms with E-state index in [2.05, 4.69) is 34.5 Å². The molecule has 0 aliphatic carbocycles. The molecule has 2 N–H and O–H groups in total. The maximum absolute atomic E-state index is 12.8. The normalized spacial score (nSPS) is 21.1. The molecule has 202 valence electrons. The number of nitrogens with zero attached hydrogens (tertiary/aromatic N) is 1. The minimum absolute atomic E-state index is 0.0537. The van der Waals surface area contributed by atoms with Gasteiger partial charge in [0.2, 0.25) is 0 Å². The van der Waals surface area contributed by atoms with E-state index >= 15 is 0 Å². The van der Waals surface area contributed by atoms with Crippen LogP contribution < -0.4 is 16.3 Å². The number of hydrogen-bond acceptors (Lipinski definition) is 8. The number of H-pyrrole nitrogens is 1. The second-order valence-electron chi connectivity index (χ2n) is 7.19. The van der Waals surface area contributed by atoms with Gasteiger partial charge in [0.15, 0.2) is 0 Å². The molecule has 11 nitrogen and oxygen atoms in total. The molecule has 0 amide bonds. The number of halogens is 1. The molecular weight excluding hydrogens is 501 g/mol. The third-order valence-corrected chi connectivity index (χ3v) is 5.98. The molecule has 2 rings (SSSR count). The third kappa shape index (κ3) is 12.0. The van der Waals surface area contributed by atoms with Gasteiger partial charge in [-0.15, -0.1) is 24.4 Å². The van der Waals surface area contributed by atoms with E-state index in [1.165, 1.54) is 37.2 Å². The van der Waals surface area contributed by atoms with E-state index in [4.69, 9.17) is 18.5 Å². The quantitative estimate of drug-likeness (QED) is 0.209. The van der Waals surface area contributed by atoms with Crippen LogP contribution in [0.3, 0.4) is 0 Å². The van der Waals surface area contributed by atoms with Gasteiger partial charge in [0.05, 0.1) is 18.8 Å². The Bertz CT molecular complexity index is 918. The minimum atomic E-state index is -3.78. The van der Waals surface area contributed by atoms with Crippen LogP contribution in [0.1, 0.15) is 54.2 Å². The van der Waals surface area contributed by atoms with E-state index in [0.29, 0.717) is 6.42 Å². The van der Waals surface area contributed by atoms with Crippen molar-refractivity contribution in [2.24, 2.45) is 5.92 Å². The zero-order valence-electron chi connectivity index (χ0n) is 21.6. The molecule has 35 heavy (non-hydrogen) atoms. The van der Waals surface area contributed by atoms with Gasteiger partial charge in [-0.25, -0.2) is 14.4 Å². The van der Waals surface area contributed by atoms with Crippen LogP contribution in [0.5, 0.6) is 0 Å². The van der Waals surface area contributed by atoms with Crippen molar-refractivity contribution in [1.29, 1.82) is 0 Å². The Kier molecular flexibility index (Phi) is 18.5. The van der Waals surface area contributed by atoms with E-state index in [-0.39, 0.29) is 18.6 Å². The van der Waals surface area contributed by atoms with Crippen LogP contribution in [0.2, 0.25) is 0 Å². The first kappa shape index (κ1) is 35.2. The van der Waals surface area contributed by atoms with Crippen molar-refractivity contribution in [3.8, 4) is 12.8 Å². The van der Waals surface area contributed by atoms with Crippen molar-refractivity contribution in [2.75, 3.05) is 20.1 Å². The fraction of sp³-hybridized carbons (Fsp3) is 0.682. The summed E-state index contributed by atoms with van der Waals surface area (Å²) in [6, 6.07) is 0.334. The van der Waals surface area contributed by atoms with E-state index < -0.39 is 43.3 Å². The van der Waals surface area contributed by atoms with Gasteiger partial charge in [0.25, 0.3) is 5.56 Å². The van der Waals surface area contributed by atoms with Crippen molar-refractivity contribution in [1.82, 2.24) is 14.6 Å². The van der Waals surface area contributed by atoms with Crippen LogP contribution in [0.25, 0.3) is 0 Å². The summed E-state index contributed by atoms with van der Waals surface area (Å²) in [5, 5.41) is 2.53. The molecule has 0 spiro atoms. The van der Waals surface area contributed by atoms with E-state index in [9.17, 15) is 18.9 Å². The maximum atomic E-state index is 12.8. The van der Waals surface area contributed by atoms with Gasteiger partial charge in [-0.05, 0) is 27.2 Å². The number of carbonyl (C=O) groups excluding carboxylic acids is 1. The molecule has 1 aliphatic heterocycles.